The Labute approximate surface area is 96.0 Å². The van der Waals surface area contributed by atoms with Crippen molar-refractivity contribution in [1.82, 2.24) is 5.32 Å². The molecule has 88 valence electrons. The molecule has 4 heteroatoms. The molecule has 0 radical (unpaired) electrons. The fourth-order valence-corrected chi connectivity index (χ4v) is 1.39. The summed E-state index contributed by atoms with van der Waals surface area (Å²) >= 11 is 0. The second-order valence-electron chi connectivity index (χ2n) is 3.94. The zero-order valence-corrected chi connectivity index (χ0v) is 10.1. The first kappa shape index (κ1) is 12.4. The maximum Gasteiger partial charge on any atom is 0.319 e. The van der Waals surface area contributed by atoms with Crippen molar-refractivity contribution in [2.45, 2.75) is 26.8 Å². The molecule has 2 N–H and O–H groups in total. The smallest absolute Gasteiger partial charge is 0.319 e. The zero-order valence-electron chi connectivity index (χ0n) is 10.1. The fourth-order valence-electron chi connectivity index (χ4n) is 1.39. The highest BCUT2D eigenvalue weighted by atomic mass is 16.5. The molecule has 0 aliphatic carbocycles. The Kier molecular flexibility index (Phi) is 4.17. The van der Waals surface area contributed by atoms with Crippen LogP contribution in [-0.2, 0) is 0 Å². The molecule has 0 fully saturated rings. The summed E-state index contributed by atoms with van der Waals surface area (Å²) in [5.74, 6) is 0.815. The van der Waals surface area contributed by atoms with Gasteiger partial charge in [0.15, 0.2) is 0 Å². The molecule has 1 rings (SSSR count). The van der Waals surface area contributed by atoms with E-state index in [0.717, 1.165) is 17.0 Å². The number of methoxy groups -OCH3 is 1. The standard InChI is InChI=1S/C12H18N2O2/c1-8(2)13-12(15)14-10-5-6-11(16-4)9(3)7-10/h5-8H,1-4H3,(H2,13,14,15). The van der Waals surface area contributed by atoms with Crippen LogP contribution in [0.1, 0.15) is 19.4 Å². The topological polar surface area (TPSA) is 50.4 Å². The lowest BCUT2D eigenvalue weighted by Crippen LogP contribution is -2.34. The van der Waals surface area contributed by atoms with Crippen LogP contribution in [0.4, 0.5) is 10.5 Å². The van der Waals surface area contributed by atoms with Gasteiger partial charge in [-0.15, -0.1) is 0 Å². The van der Waals surface area contributed by atoms with Gasteiger partial charge >= 0.3 is 6.03 Å². The van der Waals surface area contributed by atoms with Crippen LogP contribution in [-0.4, -0.2) is 19.2 Å². The predicted molar refractivity (Wildman–Crippen MR) is 65.0 cm³/mol. The van der Waals surface area contributed by atoms with Crippen LogP contribution in [0.2, 0.25) is 0 Å². The molecule has 0 aliphatic rings. The first-order valence-corrected chi connectivity index (χ1v) is 5.25. The molecule has 0 aliphatic heterocycles. The molecule has 0 aromatic heterocycles. The Morgan fingerprint density at radius 3 is 2.56 bits per heavy atom. The van der Waals surface area contributed by atoms with Crippen molar-refractivity contribution in [3.63, 3.8) is 0 Å². The molecule has 0 saturated carbocycles. The van der Waals surface area contributed by atoms with Gasteiger partial charge in [0.25, 0.3) is 0 Å². The number of rotatable bonds is 3. The van der Waals surface area contributed by atoms with Gasteiger partial charge in [0.05, 0.1) is 7.11 Å². The van der Waals surface area contributed by atoms with Gasteiger partial charge in [-0.1, -0.05) is 0 Å². The molecular formula is C12H18N2O2. The lowest BCUT2D eigenvalue weighted by molar-refractivity contribution is 0.250. The fraction of sp³-hybridized carbons (Fsp3) is 0.417. The molecule has 1 aromatic rings. The molecule has 0 heterocycles. The quantitative estimate of drug-likeness (QED) is 0.825. The number of amides is 2. The van der Waals surface area contributed by atoms with Crippen molar-refractivity contribution in [3.05, 3.63) is 23.8 Å². The summed E-state index contributed by atoms with van der Waals surface area (Å²) in [6, 6.07) is 5.45. The van der Waals surface area contributed by atoms with Gasteiger partial charge in [0, 0.05) is 11.7 Å². The number of aryl methyl sites for hydroxylation is 1. The van der Waals surface area contributed by atoms with Crippen LogP contribution in [0.5, 0.6) is 5.75 Å². The van der Waals surface area contributed by atoms with E-state index in [1.54, 1.807) is 7.11 Å². The normalized spacial score (nSPS) is 10.1. The molecule has 1 aromatic carbocycles. The second-order valence-corrected chi connectivity index (χ2v) is 3.94. The van der Waals surface area contributed by atoms with Crippen LogP contribution in [0.3, 0.4) is 0 Å². The van der Waals surface area contributed by atoms with E-state index in [1.807, 2.05) is 39.0 Å². The van der Waals surface area contributed by atoms with Gasteiger partial charge in [-0.05, 0) is 44.5 Å². The molecule has 0 saturated heterocycles. The molecule has 0 bridgehead atoms. The maximum atomic E-state index is 11.4. The summed E-state index contributed by atoms with van der Waals surface area (Å²) in [5.41, 5.74) is 1.75. The number of carbonyl (C=O) groups is 1. The molecule has 0 spiro atoms. The number of nitrogens with one attached hydrogen (secondary N) is 2. The molecule has 0 unspecified atom stereocenters. The van der Waals surface area contributed by atoms with E-state index in [1.165, 1.54) is 0 Å². The van der Waals surface area contributed by atoms with Crippen LogP contribution >= 0.6 is 0 Å². The Morgan fingerprint density at radius 1 is 1.38 bits per heavy atom. The second kappa shape index (κ2) is 5.39. The minimum atomic E-state index is -0.195. The summed E-state index contributed by atoms with van der Waals surface area (Å²) < 4.78 is 5.14. The van der Waals surface area contributed by atoms with E-state index in [9.17, 15) is 4.79 Å². The number of hydrogen-bond acceptors (Lipinski definition) is 2. The van der Waals surface area contributed by atoms with Crippen molar-refractivity contribution in [2.75, 3.05) is 12.4 Å². The number of hydrogen-bond donors (Lipinski definition) is 2. The first-order valence-electron chi connectivity index (χ1n) is 5.25. The van der Waals surface area contributed by atoms with E-state index in [-0.39, 0.29) is 12.1 Å². The number of ether oxygens (including phenoxy) is 1. The summed E-state index contributed by atoms with van der Waals surface area (Å²) in [6.07, 6.45) is 0. The van der Waals surface area contributed by atoms with E-state index < -0.39 is 0 Å². The Morgan fingerprint density at radius 2 is 2.06 bits per heavy atom. The maximum absolute atomic E-state index is 11.4. The van der Waals surface area contributed by atoms with E-state index in [4.69, 9.17) is 4.74 Å². The molecule has 16 heavy (non-hydrogen) atoms. The van der Waals surface area contributed by atoms with E-state index >= 15 is 0 Å². The van der Waals surface area contributed by atoms with Crippen molar-refractivity contribution in [3.8, 4) is 5.75 Å². The highest BCUT2D eigenvalue weighted by molar-refractivity contribution is 5.89. The number of urea groups is 1. The van der Waals surface area contributed by atoms with E-state index in [2.05, 4.69) is 10.6 Å². The average Bonchev–Trinajstić information content (AvgIpc) is 2.16. The van der Waals surface area contributed by atoms with Crippen LogP contribution < -0.4 is 15.4 Å². The van der Waals surface area contributed by atoms with Gasteiger partial charge in [-0.3, -0.25) is 0 Å². The van der Waals surface area contributed by atoms with Crippen molar-refractivity contribution >= 4 is 11.7 Å². The number of carbonyl (C=O) groups excluding carboxylic acids is 1. The summed E-state index contributed by atoms with van der Waals surface area (Å²) in [4.78, 5) is 11.4. The van der Waals surface area contributed by atoms with Gasteiger partial charge in [-0.25, -0.2) is 4.79 Å². The van der Waals surface area contributed by atoms with Crippen LogP contribution in [0.15, 0.2) is 18.2 Å². The Bertz CT molecular complexity index is 375. The SMILES string of the molecule is COc1ccc(NC(=O)NC(C)C)cc1C. The van der Waals surface area contributed by atoms with Crippen LogP contribution in [0.25, 0.3) is 0 Å². The lowest BCUT2D eigenvalue weighted by Gasteiger charge is -2.11. The van der Waals surface area contributed by atoms with Gasteiger partial charge in [-0.2, -0.15) is 0 Å². The van der Waals surface area contributed by atoms with Crippen molar-refractivity contribution in [1.29, 1.82) is 0 Å². The van der Waals surface area contributed by atoms with Crippen molar-refractivity contribution < 1.29 is 9.53 Å². The summed E-state index contributed by atoms with van der Waals surface area (Å²) in [6.45, 7) is 5.77. The number of anilines is 1. The summed E-state index contributed by atoms with van der Waals surface area (Å²) in [5, 5.41) is 5.52. The number of benzene rings is 1. The highest BCUT2D eigenvalue weighted by Gasteiger charge is 2.04. The monoisotopic (exact) mass is 222 g/mol. The third-order valence-corrected chi connectivity index (χ3v) is 2.07. The zero-order chi connectivity index (χ0) is 12.1. The molecular weight excluding hydrogens is 204 g/mol. The van der Waals surface area contributed by atoms with Crippen LogP contribution in [0, 0.1) is 6.92 Å². The lowest BCUT2D eigenvalue weighted by atomic mass is 10.2. The largest absolute Gasteiger partial charge is 0.496 e. The summed E-state index contributed by atoms with van der Waals surface area (Å²) in [7, 11) is 1.63. The third kappa shape index (κ3) is 3.46. The van der Waals surface area contributed by atoms with Gasteiger partial charge in [0.1, 0.15) is 5.75 Å². The molecule has 0 atom stereocenters. The minimum Gasteiger partial charge on any atom is -0.496 e. The van der Waals surface area contributed by atoms with E-state index in [0.29, 0.717) is 0 Å². The first-order chi connectivity index (χ1) is 7.52. The highest BCUT2D eigenvalue weighted by Crippen LogP contribution is 2.21. The third-order valence-electron chi connectivity index (χ3n) is 2.07. The Hall–Kier alpha value is -1.71. The molecule has 4 nitrogen and oxygen atoms in total. The minimum absolute atomic E-state index is 0.124. The Balaban J connectivity index is 2.68. The van der Waals surface area contributed by atoms with Gasteiger partial charge in [0.2, 0.25) is 0 Å². The predicted octanol–water partition coefficient (Wildman–Crippen LogP) is 2.53. The average molecular weight is 222 g/mol. The van der Waals surface area contributed by atoms with Gasteiger partial charge < -0.3 is 15.4 Å². The van der Waals surface area contributed by atoms with Crippen molar-refractivity contribution in [2.24, 2.45) is 0 Å². The molecule has 2 amide bonds.